The highest BCUT2D eigenvalue weighted by Crippen LogP contribution is 2.35. The number of azo groups is 1. The third-order valence-electron chi connectivity index (χ3n) is 2.28. The van der Waals surface area contributed by atoms with Gasteiger partial charge in [0.25, 0.3) is 0 Å². The van der Waals surface area contributed by atoms with Crippen molar-refractivity contribution in [3.63, 3.8) is 0 Å². The zero-order chi connectivity index (χ0) is 7.14. The standard InChI is InChI=1S/C8H10N2/c1-5-6(2)8-4-3-7(5)9-10-8/h7-8H,1-4H2. The first-order valence-electron chi connectivity index (χ1n) is 3.57. The lowest BCUT2D eigenvalue weighted by atomic mass is 9.83. The SMILES string of the molecule is C=C1C(=C)C2CCC1N=N2. The third kappa shape index (κ3) is 0.589. The summed E-state index contributed by atoms with van der Waals surface area (Å²) >= 11 is 0. The van der Waals surface area contributed by atoms with E-state index < -0.39 is 0 Å². The van der Waals surface area contributed by atoms with Gasteiger partial charge in [-0.1, -0.05) is 13.2 Å². The molecule has 1 fully saturated rings. The van der Waals surface area contributed by atoms with Crippen LogP contribution in [0.15, 0.2) is 34.5 Å². The second kappa shape index (κ2) is 1.78. The number of hydrogen-bond acceptors (Lipinski definition) is 2. The van der Waals surface area contributed by atoms with Gasteiger partial charge in [0.15, 0.2) is 0 Å². The third-order valence-corrected chi connectivity index (χ3v) is 2.28. The molecule has 2 unspecified atom stereocenters. The molecular formula is C8H10N2. The molecule has 0 amide bonds. The van der Waals surface area contributed by atoms with Crippen LogP contribution < -0.4 is 0 Å². The Morgan fingerprint density at radius 3 is 1.60 bits per heavy atom. The summed E-state index contributed by atoms with van der Waals surface area (Å²) in [6, 6.07) is 0.523. The van der Waals surface area contributed by atoms with Crippen molar-refractivity contribution in [2.45, 2.75) is 24.9 Å². The molecule has 0 N–H and O–H groups in total. The maximum absolute atomic E-state index is 4.09. The van der Waals surface area contributed by atoms with Crippen LogP contribution in [-0.4, -0.2) is 12.1 Å². The maximum Gasteiger partial charge on any atom is 0.0956 e. The van der Waals surface area contributed by atoms with Gasteiger partial charge >= 0.3 is 0 Å². The Morgan fingerprint density at radius 2 is 1.40 bits per heavy atom. The van der Waals surface area contributed by atoms with Gasteiger partial charge in [-0.25, -0.2) is 0 Å². The van der Waals surface area contributed by atoms with Crippen LogP contribution in [-0.2, 0) is 0 Å². The summed E-state index contributed by atoms with van der Waals surface area (Å²) in [6.45, 7) is 7.85. The number of rotatable bonds is 0. The van der Waals surface area contributed by atoms with E-state index >= 15 is 0 Å². The van der Waals surface area contributed by atoms with E-state index in [0.717, 1.165) is 24.0 Å². The molecule has 0 saturated heterocycles. The van der Waals surface area contributed by atoms with E-state index in [-0.39, 0.29) is 12.1 Å². The molecule has 52 valence electrons. The Morgan fingerprint density at radius 1 is 1.00 bits per heavy atom. The van der Waals surface area contributed by atoms with Gasteiger partial charge in [0, 0.05) is 0 Å². The van der Waals surface area contributed by atoms with Crippen molar-refractivity contribution in [1.29, 1.82) is 0 Å². The summed E-state index contributed by atoms with van der Waals surface area (Å²) in [5, 5.41) is 8.19. The van der Waals surface area contributed by atoms with Crippen molar-refractivity contribution >= 4 is 0 Å². The number of nitrogens with zero attached hydrogens (tertiary/aromatic N) is 2. The topological polar surface area (TPSA) is 24.7 Å². The fourth-order valence-corrected chi connectivity index (χ4v) is 1.51. The molecule has 2 bridgehead atoms. The first kappa shape index (κ1) is 5.83. The van der Waals surface area contributed by atoms with Gasteiger partial charge < -0.3 is 0 Å². The van der Waals surface area contributed by atoms with Crippen molar-refractivity contribution < 1.29 is 0 Å². The molecule has 2 atom stereocenters. The first-order valence-corrected chi connectivity index (χ1v) is 3.57. The van der Waals surface area contributed by atoms with Gasteiger partial charge in [0.2, 0.25) is 0 Å². The minimum Gasteiger partial charge on any atom is -0.185 e. The van der Waals surface area contributed by atoms with Gasteiger partial charge in [-0.2, -0.15) is 10.2 Å². The highest BCUT2D eigenvalue weighted by molar-refractivity contribution is 5.38. The Labute approximate surface area is 60.3 Å². The highest BCUT2D eigenvalue weighted by Gasteiger charge is 2.31. The van der Waals surface area contributed by atoms with E-state index in [1.54, 1.807) is 0 Å². The number of hydrogen-bond donors (Lipinski definition) is 0. The summed E-state index contributed by atoms with van der Waals surface area (Å²) in [5.41, 5.74) is 2.21. The second-order valence-electron chi connectivity index (χ2n) is 2.89. The van der Waals surface area contributed by atoms with Crippen molar-refractivity contribution in [3.8, 4) is 0 Å². The lowest BCUT2D eigenvalue weighted by Gasteiger charge is -2.31. The lowest BCUT2D eigenvalue weighted by molar-refractivity contribution is 0.458. The Hall–Kier alpha value is -0.920. The van der Waals surface area contributed by atoms with Crippen LogP contribution in [0.4, 0.5) is 0 Å². The molecule has 2 aliphatic heterocycles. The predicted molar refractivity (Wildman–Crippen MR) is 39.9 cm³/mol. The zero-order valence-corrected chi connectivity index (χ0v) is 5.88. The molecule has 2 heterocycles. The van der Waals surface area contributed by atoms with Gasteiger partial charge in [-0.15, -0.1) is 0 Å². The Bertz CT molecular complexity index is 203. The highest BCUT2D eigenvalue weighted by atomic mass is 15.2. The first-order chi connectivity index (χ1) is 4.79. The molecule has 3 rings (SSSR count). The monoisotopic (exact) mass is 134 g/mol. The average molecular weight is 134 g/mol. The largest absolute Gasteiger partial charge is 0.185 e. The van der Waals surface area contributed by atoms with E-state index in [9.17, 15) is 0 Å². The molecule has 10 heavy (non-hydrogen) atoms. The fourth-order valence-electron chi connectivity index (χ4n) is 1.51. The van der Waals surface area contributed by atoms with Crippen molar-refractivity contribution in [1.82, 2.24) is 0 Å². The molecule has 0 spiro atoms. The van der Waals surface area contributed by atoms with Crippen LogP contribution in [0.2, 0.25) is 0 Å². The van der Waals surface area contributed by atoms with E-state index in [0.29, 0.717) is 0 Å². The summed E-state index contributed by atoms with van der Waals surface area (Å²) in [5.74, 6) is 0. The summed E-state index contributed by atoms with van der Waals surface area (Å²) in [6.07, 6.45) is 2.23. The lowest BCUT2D eigenvalue weighted by Crippen LogP contribution is -2.28. The molecule has 0 aromatic carbocycles. The molecule has 2 heteroatoms. The van der Waals surface area contributed by atoms with Gasteiger partial charge in [-0.05, 0) is 24.0 Å². The van der Waals surface area contributed by atoms with Crippen LogP contribution in [0.3, 0.4) is 0 Å². The molecule has 1 aliphatic carbocycles. The minimum absolute atomic E-state index is 0.262. The van der Waals surface area contributed by atoms with Crippen LogP contribution in [0.5, 0.6) is 0 Å². The van der Waals surface area contributed by atoms with Crippen molar-refractivity contribution in [2.24, 2.45) is 10.2 Å². The molecule has 1 saturated carbocycles. The average Bonchev–Trinajstić information content (AvgIpc) is 2.00. The summed E-state index contributed by atoms with van der Waals surface area (Å²) in [4.78, 5) is 0. The normalized spacial score (nSPS) is 37.2. The molecular weight excluding hydrogens is 124 g/mol. The van der Waals surface area contributed by atoms with Crippen LogP contribution >= 0.6 is 0 Å². The summed E-state index contributed by atoms with van der Waals surface area (Å²) < 4.78 is 0. The molecule has 2 nitrogen and oxygen atoms in total. The smallest absolute Gasteiger partial charge is 0.0956 e. The van der Waals surface area contributed by atoms with Crippen molar-refractivity contribution in [2.75, 3.05) is 0 Å². The van der Waals surface area contributed by atoms with Crippen LogP contribution in [0.1, 0.15) is 12.8 Å². The van der Waals surface area contributed by atoms with E-state index in [2.05, 4.69) is 23.4 Å². The van der Waals surface area contributed by atoms with Gasteiger partial charge in [0.1, 0.15) is 0 Å². The molecule has 3 aliphatic rings. The van der Waals surface area contributed by atoms with E-state index in [1.165, 1.54) is 0 Å². The Kier molecular flexibility index (Phi) is 1.04. The quantitative estimate of drug-likeness (QED) is 0.484. The van der Waals surface area contributed by atoms with Crippen LogP contribution in [0, 0.1) is 0 Å². The van der Waals surface area contributed by atoms with Gasteiger partial charge in [0.05, 0.1) is 12.1 Å². The predicted octanol–water partition coefficient (Wildman–Crippen LogP) is 2.10. The Balaban J connectivity index is 2.42. The van der Waals surface area contributed by atoms with Gasteiger partial charge in [-0.3, -0.25) is 0 Å². The van der Waals surface area contributed by atoms with Crippen molar-refractivity contribution in [3.05, 3.63) is 24.3 Å². The number of fused-ring (bicyclic) bond motifs is 2. The molecule has 0 aromatic heterocycles. The molecule has 0 aromatic rings. The van der Waals surface area contributed by atoms with E-state index in [4.69, 9.17) is 0 Å². The molecule has 0 radical (unpaired) electrons. The van der Waals surface area contributed by atoms with E-state index in [1.807, 2.05) is 0 Å². The van der Waals surface area contributed by atoms with Crippen LogP contribution in [0.25, 0.3) is 0 Å². The minimum atomic E-state index is 0.262. The zero-order valence-electron chi connectivity index (χ0n) is 5.88. The second-order valence-corrected chi connectivity index (χ2v) is 2.89. The maximum atomic E-state index is 4.09. The fraction of sp³-hybridized carbons (Fsp3) is 0.500. The summed E-state index contributed by atoms with van der Waals surface area (Å²) in [7, 11) is 0.